The van der Waals surface area contributed by atoms with Crippen LogP contribution in [0.1, 0.15) is 50.9 Å². The van der Waals surface area contributed by atoms with Crippen LogP contribution in [0.25, 0.3) is 0 Å². The van der Waals surface area contributed by atoms with Crippen molar-refractivity contribution in [2.75, 3.05) is 5.32 Å². The van der Waals surface area contributed by atoms with Crippen molar-refractivity contribution in [3.05, 3.63) is 82.2 Å². The molecular formula is C23H24N4O2. The molecule has 0 fully saturated rings. The fourth-order valence-corrected chi connectivity index (χ4v) is 3.86. The molecule has 0 unspecified atom stereocenters. The first-order valence-electron chi connectivity index (χ1n) is 9.70. The van der Waals surface area contributed by atoms with Crippen molar-refractivity contribution >= 4 is 17.5 Å². The predicted octanol–water partition coefficient (Wildman–Crippen LogP) is 3.44. The summed E-state index contributed by atoms with van der Waals surface area (Å²) in [5.41, 5.74) is 6.89. The molecule has 1 aliphatic rings. The Morgan fingerprint density at radius 2 is 1.86 bits per heavy atom. The zero-order chi connectivity index (χ0) is 20.5. The lowest BCUT2D eigenvalue weighted by Crippen LogP contribution is -2.24. The van der Waals surface area contributed by atoms with E-state index in [9.17, 15) is 9.59 Å². The second-order valence-electron chi connectivity index (χ2n) is 7.51. The number of nitrogens with one attached hydrogen (secondary N) is 2. The Morgan fingerprint density at radius 1 is 1.14 bits per heavy atom. The number of carbonyl (C=O) groups excluding carboxylic acids is 2. The van der Waals surface area contributed by atoms with Gasteiger partial charge in [-0.2, -0.15) is 5.10 Å². The van der Waals surface area contributed by atoms with Crippen LogP contribution in [0.5, 0.6) is 0 Å². The number of amides is 2. The fraction of sp³-hybridized carbons (Fsp3) is 0.261. The van der Waals surface area contributed by atoms with Crippen molar-refractivity contribution in [3.8, 4) is 0 Å². The van der Waals surface area contributed by atoms with E-state index in [4.69, 9.17) is 0 Å². The first-order valence-corrected chi connectivity index (χ1v) is 9.70. The topological polar surface area (TPSA) is 76.0 Å². The molecule has 0 saturated carbocycles. The van der Waals surface area contributed by atoms with E-state index in [0.29, 0.717) is 5.56 Å². The molecule has 6 heteroatoms. The SMILES string of the molecule is Cc1nn(C)c(C)c1Cc1ccc(NC(=O)C[C@@H]2NC(=O)c3ccccc32)cc1. The van der Waals surface area contributed by atoms with Crippen LogP contribution in [-0.2, 0) is 18.3 Å². The van der Waals surface area contributed by atoms with Gasteiger partial charge in [0.2, 0.25) is 5.91 Å². The average Bonchev–Trinajstić information content (AvgIpc) is 3.14. The number of nitrogens with zero attached hydrogens (tertiary/aromatic N) is 2. The molecule has 0 spiro atoms. The van der Waals surface area contributed by atoms with Crippen LogP contribution in [0.3, 0.4) is 0 Å². The summed E-state index contributed by atoms with van der Waals surface area (Å²) in [7, 11) is 1.95. The van der Waals surface area contributed by atoms with E-state index in [1.54, 1.807) is 6.07 Å². The fourth-order valence-electron chi connectivity index (χ4n) is 3.86. The van der Waals surface area contributed by atoms with Gasteiger partial charge in [0.1, 0.15) is 0 Å². The van der Waals surface area contributed by atoms with Gasteiger partial charge in [0.25, 0.3) is 5.91 Å². The third-order valence-electron chi connectivity index (χ3n) is 5.55. The summed E-state index contributed by atoms with van der Waals surface area (Å²) in [6.45, 7) is 4.10. The van der Waals surface area contributed by atoms with E-state index in [2.05, 4.69) is 22.7 Å². The summed E-state index contributed by atoms with van der Waals surface area (Å²) in [5, 5.41) is 10.3. The summed E-state index contributed by atoms with van der Waals surface area (Å²) in [4.78, 5) is 24.5. The van der Waals surface area contributed by atoms with Crippen LogP contribution in [0.4, 0.5) is 5.69 Å². The van der Waals surface area contributed by atoms with Gasteiger partial charge < -0.3 is 10.6 Å². The van der Waals surface area contributed by atoms with Gasteiger partial charge in [-0.3, -0.25) is 14.3 Å². The highest BCUT2D eigenvalue weighted by Crippen LogP contribution is 2.28. The molecule has 0 saturated heterocycles. The van der Waals surface area contributed by atoms with Crippen molar-refractivity contribution in [1.82, 2.24) is 15.1 Å². The van der Waals surface area contributed by atoms with E-state index in [0.717, 1.165) is 23.4 Å². The number of rotatable bonds is 5. The van der Waals surface area contributed by atoms with E-state index in [-0.39, 0.29) is 24.3 Å². The van der Waals surface area contributed by atoms with Crippen molar-refractivity contribution in [1.29, 1.82) is 0 Å². The van der Waals surface area contributed by atoms with Crippen LogP contribution >= 0.6 is 0 Å². The normalized spacial score (nSPS) is 15.1. The number of hydrogen-bond acceptors (Lipinski definition) is 3. The van der Waals surface area contributed by atoms with Crippen molar-refractivity contribution in [2.45, 2.75) is 32.7 Å². The van der Waals surface area contributed by atoms with Gasteiger partial charge in [0, 0.05) is 36.0 Å². The standard InChI is InChI=1S/C23H24N4O2/c1-14-20(15(2)27(3)26-14)12-16-8-10-17(11-9-16)24-22(28)13-21-18-6-4-5-7-19(18)23(29)25-21/h4-11,21H,12-13H2,1-3H3,(H,24,28)(H,25,29)/t21-/m0/s1. The van der Waals surface area contributed by atoms with E-state index < -0.39 is 0 Å². The highest BCUT2D eigenvalue weighted by atomic mass is 16.2. The summed E-state index contributed by atoms with van der Waals surface area (Å²) >= 11 is 0. The van der Waals surface area contributed by atoms with Gasteiger partial charge in [0.15, 0.2) is 0 Å². The lowest BCUT2D eigenvalue weighted by Gasteiger charge is -2.12. The Morgan fingerprint density at radius 3 is 2.55 bits per heavy atom. The molecule has 3 aromatic rings. The monoisotopic (exact) mass is 388 g/mol. The zero-order valence-electron chi connectivity index (χ0n) is 16.8. The van der Waals surface area contributed by atoms with Crippen LogP contribution in [0.15, 0.2) is 48.5 Å². The summed E-state index contributed by atoms with van der Waals surface area (Å²) in [6, 6.07) is 15.0. The molecular weight excluding hydrogens is 364 g/mol. The van der Waals surface area contributed by atoms with Gasteiger partial charge in [-0.15, -0.1) is 0 Å². The summed E-state index contributed by atoms with van der Waals surface area (Å²) < 4.78 is 1.90. The molecule has 2 N–H and O–H groups in total. The summed E-state index contributed by atoms with van der Waals surface area (Å²) in [5.74, 6) is -0.248. The third-order valence-corrected chi connectivity index (χ3v) is 5.55. The van der Waals surface area contributed by atoms with Crippen molar-refractivity contribution < 1.29 is 9.59 Å². The zero-order valence-corrected chi connectivity index (χ0v) is 16.8. The van der Waals surface area contributed by atoms with Crippen molar-refractivity contribution in [2.24, 2.45) is 7.05 Å². The Labute approximate surface area is 169 Å². The van der Waals surface area contributed by atoms with Crippen LogP contribution in [-0.4, -0.2) is 21.6 Å². The molecule has 0 radical (unpaired) electrons. The van der Waals surface area contributed by atoms with Gasteiger partial charge >= 0.3 is 0 Å². The van der Waals surface area contributed by atoms with Gasteiger partial charge in [-0.05, 0) is 43.2 Å². The second kappa shape index (κ2) is 7.54. The molecule has 0 bridgehead atoms. The Balaban J connectivity index is 1.39. The molecule has 6 nitrogen and oxygen atoms in total. The molecule has 4 rings (SSSR count). The number of anilines is 1. The lowest BCUT2D eigenvalue weighted by molar-refractivity contribution is -0.116. The molecule has 148 valence electrons. The quantitative estimate of drug-likeness (QED) is 0.703. The maximum absolute atomic E-state index is 12.5. The second-order valence-corrected chi connectivity index (χ2v) is 7.51. The highest BCUT2D eigenvalue weighted by molar-refractivity contribution is 6.00. The minimum atomic E-state index is -0.283. The molecule has 2 aromatic carbocycles. The molecule has 0 aliphatic carbocycles. The highest BCUT2D eigenvalue weighted by Gasteiger charge is 2.29. The summed E-state index contributed by atoms with van der Waals surface area (Å²) in [6.07, 6.45) is 1.02. The molecule has 29 heavy (non-hydrogen) atoms. The number of carbonyl (C=O) groups is 2. The lowest BCUT2D eigenvalue weighted by atomic mass is 10.0. The van der Waals surface area contributed by atoms with Crippen LogP contribution < -0.4 is 10.6 Å². The smallest absolute Gasteiger partial charge is 0.252 e. The van der Waals surface area contributed by atoms with Crippen LogP contribution in [0.2, 0.25) is 0 Å². The Hall–Kier alpha value is -3.41. The number of hydrogen-bond donors (Lipinski definition) is 2. The first-order chi connectivity index (χ1) is 13.9. The molecule has 1 aliphatic heterocycles. The number of benzene rings is 2. The number of aryl methyl sites for hydroxylation is 2. The maximum atomic E-state index is 12.5. The Bertz CT molecular complexity index is 1080. The van der Waals surface area contributed by atoms with Gasteiger partial charge in [-0.25, -0.2) is 0 Å². The third kappa shape index (κ3) is 3.78. The van der Waals surface area contributed by atoms with Crippen molar-refractivity contribution in [3.63, 3.8) is 0 Å². The first kappa shape index (κ1) is 18.9. The molecule has 1 atom stereocenters. The Kier molecular flexibility index (Phi) is 4.92. The van der Waals surface area contributed by atoms with E-state index >= 15 is 0 Å². The predicted molar refractivity (Wildman–Crippen MR) is 112 cm³/mol. The average molecular weight is 388 g/mol. The number of fused-ring (bicyclic) bond motifs is 1. The minimum absolute atomic E-state index is 0.122. The maximum Gasteiger partial charge on any atom is 0.252 e. The number of aromatic nitrogens is 2. The molecule has 1 aromatic heterocycles. The largest absolute Gasteiger partial charge is 0.345 e. The van der Waals surface area contributed by atoms with Gasteiger partial charge in [0.05, 0.1) is 18.2 Å². The molecule has 2 amide bonds. The molecule has 2 heterocycles. The van der Waals surface area contributed by atoms with E-state index in [1.165, 1.54) is 16.8 Å². The van der Waals surface area contributed by atoms with Gasteiger partial charge in [-0.1, -0.05) is 30.3 Å². The van der Waals surface area contributed by atoms with E-state index in [1.807, 2.05) is 61.1 Å². The minimum Gasteiger partial charge on any atom is -0.345 e. The van der Waals surface area contributed by atoms with Crippen LogP contribution in [0, 0.1) is 13.8 Å².